The van der Waals surface area contributed by atoms with Crippen molar-refractivity contribution >= 4 is 63.7 Å². The van der Waals surface area contributed by atoms with Crippen LogP contribution in [0.2, 0.25) is 10.0 Å². The van der Waals surface area contributed by atoms with Crippen LogP contribution in [-0.2, 0) is 25.4 Å². The summed E-state index contributed by atoms with van der Waals surface area (Å²) >= 11 is 12.8. The quantitative estimate of drug-likeness (QED) is 0.291. The number of benzene rings is 1. The second-order valence-corrected chi connectivity index (χ2v) is 14.3. The number of imide groups is 1. The molecule has 0 bridgehead atoms. The number of ether oxygens (including phenoxy) is 3. The van der Waals surface area contributed by atoms with Gasteiger partial charge in [-0.1, -0.05) is 23.2 Å². The number of hydrogen-bond donors (Lipinski definition) is 0. The molecule has 246 valence electrons. The van der Waals surface area contributed by atoms with Crippen LogP contribution in [0.1, 0.15) is 65.6 Å². The van der Waals surface area contributed by atoms with Gasteiger partial charge in [0.2, 0.25) is 0 Å². The Bertz CT molecular complexity index is 1640. The highest BCUT2D eigenvalue weighted by Gasteiger charge is 2.37. The zero-order valence-electron chi connectivity index (χ0n) is 27.1. The lowest BCUT2D eigenvalue weighted by Gasteiger charge is -2.40. The molecule has 11 nitrogen and oxygen atoms in total. The molecule has 2 atom stereocenters. The van der Waals surface area contributed by atoms with Gasteiger partial charge < -0.3 is 24.0 Å². The van der Waals surface area contributed by atoms with Crippen LogP contribution >= 0.6 is 23.2 Å². The van der Waals surface area contributed by atoms with Crippen LogP contribution in [0.15, 0.2) is 36.7 Å². The highest BCUT2D eigenvalue weighted by Crippen LogP contribution is 2.38. The third-order valence-electron chi connectivity index (χ3n) is 7.61. The molecule has 13 heteroatoms. The maximum atomic E-state index is 13.8. The van der Waals surface area contributed by atoms with Crippen LogP contribution in [0.3, 0.4) is 0 Å². The van der Waals surface area contributed by atoms with E-state index in [2.05, 4.69) is 9.97 Å². The Kier molecular flexibility index (Phi) is 9.41. The second kappa shape index (κ2) is 12.8. The van der Waals surface area contributed by atoms with Crippen molar-refractivity contribution in [3.05, 3.63) is 57.8 Å². The second-order valence-electron chi connectivity index (χ2n) is 13.4. The molecule has 0 saturated carbocycles. The van der Waals surface area contributed by atoms with Gasteiger partial charge in [0.15, 0.2) is 6.10 Å². The summed E-state index contributed by atoms with van der Waals surface area (Å²) in [6.07, 6.45) is 1.38. The molecule has 0 aliphatic carbocycles. The predicted octanol–water partition coefficient (Wildman–Crippen LogP) is 6.96. The molecule has 2 aliphatic heterocycles. The number of hydrogen-bond acceptors (Lipinski definition) is 9. The van der Waals surface area contributed by atoms with E-state index in [-0.39, 0.29) is 17.8 Å². The number of nitrogens with zero attached hydrogens (tertiary/aromatic N) is 5. The molecule has 2 aromatic heterocycles. The molecular formula is C33H39Cl2N5O6. The van der Waals surface area contributed by atoms with E-state index in [0.717, 1.165) is 27.1 Å². The van der Waals surface area contributed by atoms with Gasteiger partial charge in [-0.15, -0.1) is 0 Å². The molecule has 1 aromatic carbocycles. The molecule has 0 spiro atoms. The summed E-state index contributed by atoms with van der Waals surface area (Å²) in [6.45, 7) is 13.9. The van der Waals surface area contributed by atoms with Crippen molar-refractivity contribution in [2.24, 2.45) is 0 Å². The summed E-state index contributed by atoms with van der Waals surface area (Å²) in [7, 11) is 0. The summed E-state index contributed by atoms with van der Waals surface area (Å²) in [5, 5.41) is 1.85. The van der Waals surface area contributed by atoms with Crippen molar-refractivity contribution in [1.29, 1.82) is 0 Å². The number of aromatic nitrogens is 2. The van der Waals surface area contributed by atoms with E-state index in [1.807, 2.05) is 22.8 Å². The van der Waals surface area contributed by atoms with Gasteiger partial charge in [0.1, 0.15) is 17.0 Å². The summed E-state index contributed by atoms with van der Waals surface area (Å²) in [5.74, 6) is -0.0860. The largest absolute Gasteiger partial charge is 0.443 e. The van der Waals surface area contributed by atoms with Crippen LogP contribution in [0.4, 0.5) is 21.1 Å². The van der Waals surface area contributed by atoms with Crippen molar-refractivity contribution in [3.8, 4) is 0 Å². The van der Waals surface area contributed by atoms with Gasteiger partial charge in [-0.2, -0.15) is 4.90 Å². The van der Waals surface area contributed by atoms with E-state index in [1.165, 1.54) is 0 Å². The minimum atomic E-state index is -0.911. The molecule has 46 heavy (non-hydrogen) atoms. The van der Waals surface area contributed by atoms with Gasteiger partial charge in [-0.25, -0.2) is 14.6 Å². The molecule has 1 fully saturated rings. The maximum absolute atomic E-state index is 13.8. The molecule has 1 saturated heterocycles. The van der Waals surface area contributed by atoms with Crippen molar-refractivity contribution in [2.75, 3.05) is 36.0 Å². The Balaban J connectivity index is 1.40. The van der Waals surface area contributed by atoms with E-state index in [4.69, 9.17) is 37.4 Å². The molecule has 2 aliphatic rings. The smallest absolute Gasteiger partial charge is 0.425 e. The fraction of sp³-hybridized carbons (Fsp3) is 0.485. The minimum Gasteiger partial charge on any atom is -0.443 e. The molecule has 3 aromatic rings. The Labute approximate surface area is 278 Å². The molecular weight excluding hydrogens is 633 g/mol. The molecule has 0 N–H and O–H groups in total. The van der Waals surface area contributed by atoms with Crippen molar-refractivity contribution < 1.29 is 28.6 Å². The van der Waals surface area contributed by atoms with Gasteiger partial charge in [0.05, 0.1) is 42.8 Å². The van der Waals surface area contributed by atoms with Crippen LogP contribution in [0.5, 0.6) is 0 Å². The zero-order chi connectivity index (χ0) is 33.6. The lowest BCUT2D eigenvalue weighted by atomic mass is 9.93. The lowest BCUT2D eigenvalue weighted by molar-refractivity contribution is -0.147. The van der Waals surface area contributed by atoms with E-state index < -0.39 is 29.5 Å². The summed E-state index contributed by atoms with van der Waals surface area (Å²) in [4.78, 5) is 53.8. The Morgan fingerprint density at radius 2 is 1.65 bits per heavy atom. The van der Waals surface area contributed by atoms with Crippen molar-refractivity contribution in [2.45, 2.75) is 78.2 Å². The minimum absolute atomic E-state index is 0.0318. The Hall–Kier alpha value is -3.67. The molecule has 0 radical (unpaired) electrons. The number of halogens is 2. The van der Waals surface area contributed by atoms with Gasteiger partial charge >= 0.3 is 12.2 Å². The highest BCUT2D eigenvalue weighted by atomic mass is 35.5. The SMILES string of the molecule is C[C@H]1c2c(Cl)cc(Cl)cc2CCN1C(=O)[C@H]1CN(c2cncc3nc(N(C(=O)OC(C)(C)C)C(=O)OC(C)(C)C)ccc23)CCO1. The van der Waals surface area contributed by atoms with E-state index in [0.29, 0.717) is 48.2 Å². The van der Waals surface area contributed by atoms with E-state index >= 15 is 0 Å². The maximum Gasteiger partial charge on any atom is 0.425 e. The lowest BCUT2D eigenvalue weighted by Crippen LogP contribution is -2.53. The normalized spacial score (nSPS) is 18.6. The third-order valence-corrected chi connectivity index (χ3v) is 8.14. The number of rotatable bonds is 3. The van der Waals surface area contributed by atoms with Gasteiger partial charge in [0, 0.05) is 28.5 Å². The van der Waals surface area contributed by atoms with Crippen LogP contribution < -0.4 is 9.80 Å². The molecule has 3 amide bonds. The Morgan fingerprint density at radius 1 is 0.978 bits per heavy atom. The summed E-state index contributed by atoms with van der Waals surface area (Å²) < 4.78 is 17.0. The third kappa shape index (κ3) is 7.32. The average Bonchev–Trinajstić information content (AvgIpc) is 2.94. The highest BCUT2D eigenvalue weighted by molar-refractivity contribution is 6.35. The molecule has 5 rings (SSSR count). The van der Waals surface area contributed by atoms with Crippen LogP contribution in [0, 0.1) is 0 Å². The summed E-state index contributed by atoms with van der Waals surface area (Å²) in [6, 6.07) is 6.70. The number of amides is 3. The number of pyridine rings is 2. The Morgan fingerprint density at radius 3 is 2.30 bits per heavy atom. The van der Waals surface area contributed by atoms with Gasteiger partial charge in [0.25, 0.3) is 5.91 Å². The number of anilines is 2. The van der Waals surface area contributed by atoms with Crippen LogP contribution in [0.25, 0.3) is 10.9 Å². The van der Waals surface area contributed by atoms with Crippen molar-refractivity contribution in [3.63, 3.8) is 0 Å². The first kappa shape index (κ1) is 33.7. The van der Waals surface area contributed by atoms with E-state index in [1.54, 1.807) is 72.1 Å². The van der Waals surface area contributed by atoms with Crippen LogP contribution in [-0.4, -0.2) is 76.5 Å². The standard InChI is InChI=1S/C33H39Cl2N5O6/c1-19-28-20(14-21(34)15-23(28)35)10-11-39(19)29(41)26-18-38(12-13-44-26)25-17-36-16-24-22(25)8-9-27(37-24)40(30(42)45-32(2,3)4)31(43)46-33(5,6)7/h8-9,14-17,19,26H,10-13,18H2,1-7H3/t19-,26+/m0/s1. The number of morpholine rings is 1. The topological polar surface area (TPSA) is 114 Å². The first-order valence-corrected chi connectivity index (χ1v) is 15.9. The molecule has 4 heterocycles. The predicted molar refractivity (Wildman–Crippen MR) is 177 cm³/mol. The number of carbonyl (C=O) groups excluding carboxylic acids is 3. The fourth-order valence-electron chi connectivity index (χ4n) is 5.69. The first-order chi connectivity index (χ1) is 21.5. The monoisotopic (exact) mass is 671 g/mol. The molecule has 0 unspecified atom stereocenters. The number of carbonyl (C=O) groups is 3. The summed E-state index contributed by atoms with van der Waals surface area (Å²) in [5.41, 5.74) is 1.42. The van der Waals surface area contributed by atoms with E-state index in [9.17, 15) is 14.4 Å². The number of fused-ring (bicyclic) bond motifs is 2. The zero-order valence-corrected chi connectivity index (χ0v) is 28.6. The first-order valence-electron chi connectivity index (χ1n) is 15.2. The van der Waals surface area contributed by atoms with Gasteiger partial charge in [-0.05, 0) is 90.3 Å². The average molecular weight is 673 g/mol. The van der Waals surface area contributed by atoms with Crippen molar-refractivity contribution in [1.82, 2.24) is 14.9 Å². The fourth-order valence-corrected chi connectivity index (χ4v) is 6.38. The van der Waals surface area contributed by atoms with Gasteiger partial charge in [-0.3, -0.25) is 9.78 Å².